The summed E-state index contributed by atoms with van der Waals surface area (Å²) in [5.41, 5.74) is 0.713. The van der Waals surface area contributed by atoms with Gasteiger partial charge < -0.3 is 10.6 Å². The van der Waals surface area contributed by atoms with Crippen molar-refractivity contribution in [1.29, 1.82) is 0 Å². The first-order valence-corrected chi connectivity index (χ1v) is 7.21. The molecule has 0 saturated heterocycles. The van der Waals surface area contributed by atoms with E-state index in [1.54, 1.807) is 24.4 Å². The summed E-state index contributed by atoms with van der Waals surface area (Å²) in [6, 6.07) is 5.14. The van der Waals surface area contributed by atoms with Gasteiger partial charge in [0.25, 0.3) is 0 Å². The minimum absolute atomic E-state index is 0.420. The molecule has 0 aliphatic heterocycles. The van der Waals surface area contributed by atoms with Crippen LogP contribution in [0.1, 0.15) is 13.3 Å². The van der Waals surface area contributed by atoms with Crippen LogP contribution >= 0.6 is 34.8 Å². The normalized spacial score (nSPS) is 10.4. The van der Waals surface area contributed by atoms with Crippen molar-refractivity contribution in [3.05, 3.63) is 39.5 Å². The van der Waals surface area contributed by atoms with Crippen LogP contribution in [0.2, 0.25) is 15.1 Å². The van der Waals surface area contributed by atoms with Crippen molar-refractivity contribution < 1.29 is 0 Å². The lowest BCUT2D eigenvalue weighted by Gasteiger charge is -2.10. The summed E-state index contributed by atoms with van der Waals surface area (Å²) < 4.78 is 0. The third kappa shape index (κ3) is 4.13. The Kier molecular flexibility index (Phi) is 5.29. The number of nitrogens with zero attached hydrogens (tertiary/aromatic N) is 2. The Balaban J connectivity index is 2.23. The zero-order valence-corrected chi connectivity index (χ0v) is 13.0. The molecule has 0 unspecified atom stereocenters. The third-order valence-corrected chi connectivity index (χ3v) is 3.12. The zero-order valence-electron chi connectivity index (χ0n) is 10.8. The van der Waals surface area contributed by atoms with Gasteiger partial charge in [-0.3, -0.25) is 0 Å². The van der Waals surface area contributed by atoms with Gasteiger partial charge in [-0.15, -0.1) is 0 Å². The molecule has 20 heavy (non-hydrogen) atoms. The number of hydrogen-bond acceptors (Lipinski definition) is 4. The maximum atomic E-state index is 6.08. The number of halogens is 3. The van der Waals surface area contributed by atoms with Crippen LogP contribution in [0, 0.1) is 0 Å². The van der Waals surface area contributed by atoms with Crippen LogP contribution < -0.4 is 10.6 Å². The minimum Gasteiger partial charge on any atom is -0.354 e. The highest BCUT2D eigenvalue weighted by Gasteiger charge is 2.07. The number of anilines is 3. The second-order valence-corrected chi connectivity index (χ2v) is 5.38. The van der Waals surface area contributed by atoms with Gasteiger partial charge in [0, 0.05) is 22.3 Å². The largest absolute Gasteiger partial charge is 0.354 e. The van der Waals surface area contributed by atoms with E-state index in [0.717, 1.165) is 13.0 Å². The predicted octanol–water partition coefficient (Wildman–Crippen LogP) is 5.00. The fourth-order valence-corrected chi connectivity index (χ4v) is 2.20. The smallest absolute Gasteiger partial charge is 0.224 e. The molecule has 0 amide bonds. The lowest BCUT2D eigenvalue weighted by molar-refractivity contribution is 0.953. The molecule has 4 nitrogen and oxygen atoms in total. The summed E-state index contributed by atoms with van der Waals surface area (Å²) in [6.45, 7) is 2.86. The molecule has 0 atom stereocenters. The maximum absolute atomic E-state index is 6.08. The van der Waals surface area contributed by atoms with Gasteiger partial charge >= 0.3 is 0 Å². The Morgan fingerprint density at radius 3 is 2.45 bits per heavy atom. The molecule has 1 aromatic heterocycles. The average molecular weight is 332 g/mol. The third-order valence-electron chi connectivity index (χ3n) is 2.40. The van der Waals surface area contributed by atoms with Crippen LogP contribution in [0.3, 0.4) is 0 Å². The van der Waals surface area contributed by atoms with E-state index in [1.165, 1.54) is 0 Å². The molecule has 106 valence electrons. The first-order valence-electron chi connectivity index (χ1n) is 6.08. The summed E-state index contributed by atoms with van der Waals surface area (Å²) in [5.74, 6) is 1.02. The summed E-state index contributed by atoms with van der Waals surface area (Å²) >= 11 is 18.0. The van der Waals surface area contributed by atoms with E-state index < -0.39 is 0 Å². The van der Waals surface area contributed by atoms with Crippen LogP contribution in [-0.4, -0.2) is 16.5 Å². The summed E-state index contributed by atoms with van der Waals surface area (Å²) in [5, 5.41) is 7.67. The predicted molar refractivity (Wildman–Crippen MR) is 85.6 cm³/mol. The Hall–Kier alpha value is -1.23. The molecule has 2 aromatic rings. The van der Waals surface area contributed by atoms with Crippen molar-refractivity contribution in [2.45, 2.75) is 13.3 Å². The van der Waals surface area contributed by atoms with Crippen LogP contribution in [0.25, 0.3) is 0 Å². The zero-order chi connectivity index (χ0) is 14.5. The molecule has 0 aliphatic carbocycles. The van der Waals surface area contributed by atoms with Gasteiger partial charge in [0.05, 0.1) is 6.20 Å². The van der Waals surface area contributed by atoms with Crippen LogP contribution in [0.5, 0.6) is 0 Å². The monoisotopic (exact) mass is 330 g/mol. The van der Waals surface area contributed by atoms with Gasteiger partial charge in [-0.05, 0) is 24.6 Å². The van der Waals surface area contributed by atoms with Crippen LogP contribution in [-0.2, 0) is 0 Å². The lowest BCUT2D eigenvalue weighted by atomic mass is 10.3. The van der Waals surface area contributed by atoms with E-state index in [1.807, 2.05) is 0 Å². The van der Waals surface area contributed by atoms with E-state index in [-0.39, 0.29) is 0 Å². The molecule has 0 saturated carbocycles. The van der Waals surface area contributed by atoms with Gasteiger partial charge in [-0.2, -0.15) is 4.98 Å². The number of benzene rings is 1. The van der Waals surface area contributed by atoms with Crippen molar-refractivity contribution in [3.8, 4) is 0 Å². The Morgan fingerprint density at radius 2 is 1.80 bits per heavy atom. The van der Waals surface area contributed by atoms with Crippen molar-refractivity contribution in [1.82, 2.24) is 9.97 Å². The number of nitrogens with one attached hydrogen (secondary N) is 2. The topological polar surface area (TPSA) is 49.8 Å². The highest BCUT2D eigenvalue weighted by atomic mass is 35.5. The van der Waals surface area contributed by atoms with Crippen molar-refractivity contribution in [2.75, 3.05) is 17.2 Å². The van der Waals surface area contributed by atoms with Gasteiger partial charge in [-0.25, -0.2) is 4.98 Å². The Morgan fingerprint density at radius 1 is 1.10 bits per heavy atom. The second-order valence-electron chi connectivity index (χ2n) is 4.10. The molecule has 0 bridgehead atoms. The fourth-order valence-electron chi connectivity index (χ4n) is 1.54. The quantitative estimate of drug-likeness (QED) is 0.809. The minimum atomic E-state index is 0.420. The number of aromatic nitrogens is 2. The first-order chi connectivity index (χ1) is 9.58. The number of hydrogen-bond donors (Lipinski definition) is 2. The molecule has 2 N–H and O–H groups in total. The molecule has 2 rings (SSSR count). The highest BCUT2D eigenvalue weighted by Crippen LogP contribution is 2.28. The van der Waals surface area contributed by atoms with Crippen molar-refractivity contribution >= 4 is 52.3 Å². The standard InChI is InChI=1S/C13H13Cl3N4/c1-2-3-17-13-18-7-11(16)12(20-13)19-10-5-8(14)4-9(15)6-10/h4-7H,2-3H2,1H3,(H2,17,18,19,20). The molecule has 1 heterocycles. The van der Waals surface area contributed by atoms with Crippen LogP contribution in [0.15, 0.2) is 24.4 Å². The molecule has 0 spiro atoms. The highest BCUT2D eigenvalue weighted by molar-refractivity contribution is 6.35. The molecule has 0 aliphatic rings. The van der Waals surface area contributed by atoms with E-state index in [4.69, 9.17) is 34.8 Å². The van der Waals surface area contributed by atoms with Gasteiger partial charge in [0.1, 0.15) is 5.02 Å². The molecule has 1 aromatic carbocycles. The maximum Gasteiger partial charge on any atom is 0.224 e. The molecule has 7 heteroatoms. The van der Waals surface area contributed by atoms with Crippen molar-refractivity contribution in [2.24, 2.45) is 0 Å². The van der Waals surface area contributed by atoms with Gasteiger partial charge in [0.2, 0.25) is 5.95 Å². The van der Waals surface area contributed by atoms with Gasteiger partial charge in [0.15, 0.2) is 5.82 Å². The van der Waals surface area contributed by atoms with Crippen LogP contribution in [0.4, 0.5) is 17.5 Å². The van der Waals surface area contributed by atoms with E-state index in [2.05, 4.69) is 27.5 Å². The molecule has 0 radical (unpaired) electrons. The van der Waals surface area contributed by atoms with E-state index in [9.17, 15) is 0 Å². The fraction of sp³-hybridized carbons (Fsp3) is 0.231. The van der Waals surface area contributed by atoms with Gasteiger partial charge in [-0.1, -0.05) is 41.7 Å². The summed E-state index contributed by atoms with van der Waals surface area (Å²) in [7, 11) is 0. The Labute approximate surface area is 132 Å². The Bertz CT molecular complexity index is 584. The second kappa shape index (κ2) is 6.97. The summed E-state index contributed by atoms with van der Waals surface area (Å²) in [4.78, 5) is 8.42. The molecular weight excluding hydrogens is 319 g/mol. The summed E-state index contributed by atoms with van der Waals surface area (Å²) in [6.07, 6.45) is 2.53. The van der Waals surface area contributed by atoms with E-state index >= 15 is 0 Å². The SMILES string of the molecule is CCCNc1ncc(Cl)c(Nc2cc(Cl)cc(Cl)c2)n1. The van der Waals surface area contributed by atoms with E-state index in [0.29, 0.717) is 32.5 Å². The lowest BCUT2D eigenvalue weighted by Crippen LogP contribution is -2.06. The average Bonchev–Trinajstić information content (AvgIpc) is 2.38. The molecular formula is C13H13Cl3N4. The number of rotatable bonds is 5. The first kappa shape index (κ1) is 15.2. The van der Waals surface area contributed by atoms with Crippen molar-refractivity contribution in [3.63, 3.8) is 0 Å². The molecule has 0 fully saturated rings.